The number of hydrogen-bond donors (Lipinski definition) is 1. The number of nitrogens with one attached hydrogen (secondary N) is 1. The van der Waals surface area contributed by atoms with Gasteiger partial charge in [0.2, 0.25) is 5.91 Å². The van der Waals surface area contributed by atoms with E-state index in [0.717, 1.165) is 0 Å². The summed E-state index contributed by atoms with van der Waals surface area (Å²) in [5.41, 5.74) is 1.26. The van der Waals surface area contributed by atoms with Crippen molar-refractivity contribution in [3.05, 3.63) is 47.0 Å². The molecular formula is C17H18ClNO4. The maximum Gasteiger partial charge on any atom is 0.228 e. The van der Waals surface area contributed by atoms with Crippen LogP contribution in [0.2, 0.25) is 5.02 Å². The molecule has 0 heterocycles. The summed E-state index contributed by atoms with van der Waals surface area (Å²) in [7, 11) is 4.66. The van der Waals surface area contributed by atoms with E-state index in [1.165, 1.54) is 7.11 Å². The molecule has 2 aromatic rings. The molecule has 0 bridgehead atoms. The summed E-state index contributed by atoms with van der Waals surface area (Å²) >= 11 is 6.16. The Balaban J connectivity index is 2.13. The summed E-state index contributed by atoms with van der Waals surface area (Å²) in [6, 6.07) is 10.4. The van der Waals surface area contributed by atoms with Crippen LogP contribution in [0.15, 0.2) is 36.4 Å². The third kappa shape index (κ3) is 4.29. The van der Waals surface area contributed by atoms with Crippen LogP contribution in [0.25, 0.3) is 0 Å². The van der Waals surface area contributed by atoms with Gasteiger partial charge in [0.25, 0.3) is 0 Å². The molecule has 0 saturated heterocycles. The highest BCUT2D eigenvalue weighted by Crippen LogP contribution is 2.29. The van der Waals surface area contributed by atoms with Crippen molar-refractivity contribution in [3.63, 3.8) is 0 Å². The van der Waals surface area contributed by atoms with E-state index in [1.54, 1.807) is 50.6 Å². The average Bonchev–Trinajstić information content (AvgIpc) is 2.56. The second kappa shape index (κ2) is 7.74. The minimum absolute atomic E-state index is 0.142. The van der Waals surface area contributed by atoms with E-state index >= 15 is 0 Å². The van der Waals surface area contributed by atoms with E-state index in [-0.39, 0.29) is 12.3 Å². The van der Waals surface area contributed by atoms with E-state index in [4.69, 9.17) is 25.8 Å². The summed E-state index contributed by atoms with van der Waals surface area (Å²) in [6.07, 6.45) is 0.142. The number of anilines is 1. The smallest absolute Gasteiger partial charge is 0.228 e. The van der Waals surface area contributed by atoms with Gasteiger partial charge in [0.1, 0.15) is 17.2 Å². The van der Waals surface area contributed by atoms with Crippen molar-refractivity contribution >= 4 is 23.2 Å². The second-order valence-electron chi connectivity index (χ2n) is 4.75. The van der Waals surface area contributed by atoms with Gasteiger partial charge < -0.3 is 19.5 Å². The molecule has 0 spiro atoms. The average molecular weight is 336 g/mol. The molecule has 0 unspecified atom stereocenters. The lowest BCUT2D eigenvalue weighted by Crippen LogP contribution is -2.15. The quantitative estimate of drug-likeness (QED) is 0.877. The van der Waals surface area contributed by atoms with Crippen LogP contribution < -0.4 is 19.5 Å². The summed E-state index contributed by atoms with van der Waals surface area (Å²) in [4.78, 5) is 12.3. The highest BCUT2D eigenvalue weighted by molar-refractivity contribution is 6.31. The second-order valence-corrected chi connectivity index (χ2v) is 5.16. The monoisotopic (exact) mass is 335 g/mol. The highest BCUT2D eigenvalue weighted by Gasteiger charge is 2.12. The lowest BCUT2D eigenvalue weighted by molar-refractivity contribution is -0.115. The first kappa shape index (κ1) is 17.0. The zero-order chi connectivity index (χ0) is 16.8. The summed E-state index contributed by atoms with van der Waals surface area (Å²) in [6.45, 7) is 0. The van der Waals surface area contributed by atoms with Crippen LogP contribution in [-0.2, 0) is 11.2 Å². The fourth-order valence-corrected chi connectivity index (χ4v) is 2.31. The molecule has 23 heavy (non-hydrogen) atoms. The Hall–Kier alpha value is -2.40. The van der Waals surface area contributed by atoms with Gasteiger partial charge in [0.05, 0.1) is 33.4 Å². The third-order valence-corrected chi connectivity index (χ3v) is 3.64. The Morgan fingerprint density at radius 3 is 2.26 bits per heavy atom. The third-order valence-electron chi connectivity index (χ3n) is 3.29. The first-order chi connectivity index (χ1) is 11.1. The molecule has 0 aromatic heterocycles. The summed E-state index contributed by atoms with van der Waals surface area (Å²) in [5, 5.41) is 3.29. The molecular weight excluding hydrogens is 318 g/mol. The van der Waals surface area contributed by atoms with Crippen molar-refractivity contribution in [3.8, 4) is 17.2 Å². The number of amides is 1. The van der Waals surface area contributed by atoms with Gasteiger partial charge in [0, 0.05) is 11.1 Å². The minimum atomic E-state index is -0.205. The molecule has 5 nitrogen and oxygen atoms in total. The molecule has 0 aliphatic heterocycles. The van der Waals surface area contributed by atoms with Gasteiger partial charge in [-0.25, -0.2) is 0 Å². The van der Waals surface area contributed by atoms with Crippen LogP contribution in [0.1, 0.15) is 5.56 Å². The highest BCUT2D eigenvalue weighted by atomic mass is 35.5. The van der Waals surface area contributed by atoms with Crippen molar-refractivity contribution in [2.24, 2.45) is 0 Å². The first-order valence-electron chi connectivity index (χ1n) is 6.91. The van der Waals surface area contributed by atoms with E-state index in [2.05, 4.69) is 5.32 Å². The molecule has 2 aromatic carbocycles. The number of hydrogen-bond acceptors (Lipinski definition) is 4. The zero-order valence-electron chi connectivity index (χ0n) is 13.2. The van der Waals surface area contributed by atoms with Crippen molar-refractivity contribution in [1.29, 1.82) is 0 Å². The predicted octanol–water partition coefficient (Wildman–Crippen LogP) is 3.55. The molecule has 0 radical (unpaired) electrons. The molecule has 0 atom stereocenters. The van der Waals surface area contributed by atoms with Gasteiger partial charge in [0.15, 0.2) is 0 Å². The molecule has 122 valence electrons. The number of halogens is 1. The van der Waals surface area contributed by atoms with E-state index < -0.39 is 0 Å². The Morgan fingerprint density at radius 1 is 1.00 bits per heavy atom. The molecule has 1 N–H and O–H groups in total. The van der Waals surface area contributed by atoms with Crippen LogP contribution in [0.5, 0.6) is 17.2 Å². The van der Waals surface area contributed by atoms with Gasteiger partial charge in [-0.05, 0) is 29.8 Å². The number of rotatable bonds is 6. The fourth-order valence-electron chi connectivity index (χ4n) is 2.08. The van der Waals surface area contributed by atoms with Crippen molar-refractivity contribution in [1.82, 2.24) is 0 Å². The van der Waals surface area contributed by atoms with Gasteiger partial charge in [-0.15, -0.1) is 0 Å². The SMILES string of the molecule is COc1ccc(CC(=O)Nc2cc(OC)ccc2OC)c(Cl)c1. The maximum absolute atomic E-state index is 12.3. The number of benzene rings is 2. The molecule has 0 aliphatic carbocycles. The van der Waals surface area contributed by atoms with Gasteiger partial charge in [-0.2, -0.15) is 0 Å². The summed E-state index contributed by atoms with van der Waals surface area (Å²) in [5.74, 6) is 1.63. The maximum atomic E-state index is 12.3. The molecule has 0 aliphatic rings. The topological polar surface area (TPSA) is 56.8 Å². The molecule has 2 rings (SSSR count). The molecule has 1 amide bonds. The van der Waals surface area contributed by atoms with Crippen LogP contribution in [-0.4, -0.2) is 27.2 Å². The Morgan fingerprint density at radius 2 is 1.65 bits per heavy atom. The van der Waals surface area contributed by atoms with Crippen molar-refractivity contribution < 1.29 is 19.0 Å². The summed E-state index contributed by atoms with van der Waals surface area (Å²) < 4.78 is 15.5. The lowest BCUT2D eigenvalue weighted by atomic mass is 10.1. The van der Waals surface area contributed by atoms with Crippen molar-refractivity contribution in [2.45, 2.75) is 6.42 Å². The number of carbonyl (C=O) groups excluding carboxylic acids is 1. The van der Waals surface area contributed by atoms with E-state index in [0.29, 0.717) is 33.5 Å². The van der Waals surface area contributed by atoms with E-state index in [1.807, 2.05) is 0 Å². The zero-order valence-corrected chi connectivity index (χ0v) is 13.9. The molecule has 0 saturated carbocycles. The molecule has 6 heteroatoms. The van der Waals surface area contributed by atoms with E-state index in [9.17, 15) is 4.79 Å². The van der Waals surface area contributed by atoms with Crippen LogP contribution in [0.4, 0.5) is 5.69 Å². The van der Waals surface area contributed by atoms with Gasteiger partial charge >= 0.3 is 0 Å². The fraction of sp³-hybridized carbons (Fsp3) is 0.235. The largest absolute Gasteiger partial charge is 0.497 e. The van der Waals surface area contributed by atoms with Gasteiger partial charge in [-0.1, -0.05) is 17.7 Å². The number of methoxy groups -OCH3 is 3. The number of carbonyl (C=O) groups is 1. The number of ether oxygens (including phenoxy) is 3. The Kier molecular flexibility index (Phi) is 5.71. The van der Waals surface area contributed by atoms with Crippen LogP contribution >= 0.6 is 11.6 Å². The van der Waals surface area contributed by atoms with Gasteiger partial charge in [-0.3, -0.25) is 4.79 Å². The first-order valence-corrected chi connectivity index (χ1v) is 7.29. The lowest BCUT2D eigenvalue weighted by Gasteiger charge is -2.12. The minimum Gasteiger partial charge on any atom is -0.497 e. The van der Waals surface area contributed by atoms with Crippen LogP contribution in [0.3, 0.4) is 0 Å². The Labute approximate surface area is 140 Å². The van der Waals surface area contributed by atoms with Crippen LogP contribution in [0, 0.1) is 0 Å². The molecule has 0 fully saturated rings. The predicted molar refractivity (Wildman–Crippen MR) is 89.9 cm³/mol. The standard InChI is InChI=1S/C17H18ClNO4/c1-21-12-5-4-11(14(18)9-12)8-17(20)19-15-10-13(22-2)6-7-16(15)23-3/h4-7,9-10H,8H2,1-3H3,(H,19,20). The van der Waals surface area contributed by atoms with Crippen molar-refractivity contribution in [2.75, 3.05) is 26.6 Å². The Bertz CT molecular complexity index is 703. The normalized spacial score (nSPS) is 10.1.